The van der Waals surface area contributed by atoms with Crippen molar-refractivity contribution in [3.8, 4) is 5.75 Å². The molecule has 10 heteroatoms. The van der Waals surface area contributed by atoms with Crippen molar-refractivity contribution in [2.75, 3.05) is 0 Å². The minimum atomic E-state index is -4.84. The van der Waals surface area contributed by atoms with E-state index in [4.69, 9.17) is 9.15 Å². The molecule has 0 bridgehead atoms. The van der Waals surface area contributed by atoms with Crippen LogP contribution in [0.5, 0.6) is 5.75 Å². The van der Waals surface area contributed by atoms with Crippen LogP contribution in [0.4, 0.5) is 13.2 Å². The fraction of sp³-hybridized carbons (Fsp3) is 0.200. The van der Waals surface area contributed by atoms with Gasteiger partial charge >= 0.3 is 6.36 Å². The van der Waals surface area contributed by atoms with Gasteiger partial charge in [0.05, 0.1) is 17.8 Å². The molecule has 6 nitrogen and oxygen atoms in total. The van der Waals surface area contributed by atoms with Crippen LogP contribution in [0.1, 0.15) is 16.9 Å². The first-order chi connectivity index (χ1) is 14.2. The van der Waals surface area contributed by atoms with Gasteiger partial charge in [0.1, 0.15) is 18.1 Å². The number of alkyl halides is 3. The van der Waals surface area contributed by atoms with Crippen molar-refractivity contribution < 1.29 is 35.5 Å². The molecule has 0 unspecified atom stereocenters. The second-order valence-electron chi connectivity index (χ2n) is 6.24. The van der Waals surface area contributed by atoms with Crippen molar-refractivity contribution in [2.24, 2.45) is 0 Å². The van der Waals surface area contributed by atoms with Crippen molar-refractivity contribution in [2.45, 2.75) is 31.0 Å². The highest BCUT2D eigenvalue weighted by Crippen LogP contribution is 2.24. The lowest BCUT2D eigenvalue weighted by molar-refractivity contribution is -0.274. The summed E-state index contributed by atoms with van der Waals surface area (Å²) in [5.41, 5.74) is 1.56. The summed E-state index contributed by atoms with van der Waals surface area (Å²) in [6.07, 6.45) is -3.28. The molecule has 3 aromatic rings. The molecular formula is C20H18F3NO5S. The Morgan fingerprint density at radius 2 is 1.67 bits per heavy atom. The Balaban J connectivity index is 1.56. The van der Waals surface area contributed by atoms with E-state index in [0.29, 0.717) is 24.5 Å². The van der Waals surface area contributed by atoms with Crippen LogP contribution in [0, 0.1) is 0 Å². The normalized spacial score (nSPS) is 12.1. The Kier molecular flexibility index (Phi) is 6.80. The smallest absolute Gasteiger partial charge is 0.467 e. The molecule has 0 fully saturated rings. The molecule has 0 saturated heterocycles. The van der Waals surface area contributed by atoms with Gasteiger partial charge in [-0.3, -0.25) is 0 Å². The molecule has 0 radical (unpaired) electrons. The number of benzene rings is 2. The van der Waals surface area contributed by atoms with Gasteiger partial charge in [-0.05, 0) is 47.5 Å². The van der Waals surface area contributed by atoms with Gasteiger partial charge in [-0.2, -0.15) is 0 Å². The molecule has 3 rings (SSSR count). The molecule has 0 saturated carbocycles. The second-order valence-corrected chi connectivity index (χ2v) is 8.00. The van der Waals surface area contributed by atoms with Crippen molar-refractivity contribution in [1.82, 2.24) is 4.72 Å². The molecule has 0 spiro atoms. The fourth-order valence-corrected chi connectivity index (χ4v) is 3.59. The van der Waals surface area contributed by atoms with Crippen molar-refractivity contribution in [3.05, 3.63) is 83.8 Å². The summed E-state index contributed by atoms with van der Waals surface area (Å²) in [4.78, 5) is -0.171. The van der Waals surface area contributed by atoms with E-state index in [1.165, 1.54) is 0 Å². The van der Waals surface area contributed by atoms with Crippen LogP contribution in [0.25, 0.3) is 0 Å². The Hall–Kier alpha value is -2.82. The SMILES string of the molecule is O=S(=O)(NCc1cccc(COCc2ccco2)c1)c1ccc(OC(F)(F)F)cc1. The predicted octanol–water partition coefficient (Wildman–Crippen LogP) is 4.37. The van der Waals surface area contributed by atoms with E-state index in [2.05, 4.69) is 9.46 Å². The number of halogens is 3. The molecule has 0 aliphatic rings. The van der Waals surface area contributed by atoms with E-state index in [9.17, 15) is 21.6 Å². The molecule has 1 heterocycles. The molecular weight excluding hydrogens is 423 g/mol. The van der Waals surface area contributed by atoms with Crippen LogP contribution < -0.4 is 9.46 Å². The van der Waals surface area contributed by atoms with E-state index in [1.807, 2.05) is 6.07 Å². The molecule has 30 heavy (non-hydrogen) atoms. The maximum absolute atomic E-state index is 12.4. The van der Waals surface area contributed by atoms with Gasteiger partial charge in [0.2, 0.25) is 10.0 Å². The summed E-state index contributed by atoms with van der Waals surface area (Å²) in [6, 6.07) is 14.7. The zero-order valence-electron chi connectivity index (χ0n) is 15.6. The highest BCUT2D eigenvalue weighted by atomic mass is 32.2. The summed E-state index contributed by atoms with van der Waals surface area (Å²) in [5, 5.41) is 0. The Bertz CT molecular complexity index is 1050. The van der Waals surface area contributed by atoms with Gasteiger partial charge in [0, 0.05) is 6.54 Å². The van der Waals surface area contributed by atoms with Crippen LogP contribution in [0.3, 0.4) is 0 Å². The van der Waals surface area contributed by atoms with Crippen molar-refractivity contribution >= 4 is 10.0 Å². The van der Waals surface area contributed by atoms with Gasteiger partial charge in [-0.1, -0.05) is 24.3 Å². The Labute approximate surface area is 171 Å². The number of ether oxygens (including phenoxy) is 2. The van der Waals surface area contributed by atoms with E-state index < -0.39 is 22.1 Å². The number of nitrogens with one attached hydrogen (secondary N) is 1. The van der Waals surface area contributed by atoms with E-state index in [-0.39, 0.29) is 11.4 Å². The Morgan fingerprint density at radius 1 is 0.933 bits per heavy atom. The number of hydrogen-bond acceptors (Lipinski definition) is 5. The summed E-state index contributed by atoms with van der Waals surface area (Å²) in [5.74, 6) is 0.203. The maximum Gasteiger partial charge on any atom is 0.573 e. The summed E-state index contributed by atoms with van der Waals surface area (Å²) in [6.45, 7) is 0.648. The number of hydrogen-bond donors (Lipinski definition) is 1. The molecule has 160 valence electrons. The standard InChI is InChI=1S/C20H18F3NO5S/c21-20(22,23)29-17-6-8-19(9-7-17)30(25,26)24-12-15-3-1-4-16(11-15)13-27-14-18-5-2-10-28-18/h1-11,24H,12-14H2. The monoisotopic (exact) mass is 441 g/mol. The predicted molar refractivity (Wildman–Crippen MR) is 101 cm³/mol. The lowest BCUT2D eigenvalue weighted by Gasteiger charge is -2.11. The number of sulfonamides is 1. The first kappa shape index (κ1) is 21.9. The third-order valence-electron chi connectivity index (χ3n) is 3.92. The van der Waals surface area contributed by atoms with Crippen LogP contribution in [0.15, 0.2) is 76.2 Å². The average molecular weight is 441 g/mol. The zero-order chi connectivity index (χ0) is 21.6. The van der Waals surface area contributed by atoms with Crippen LogP contribution >= 0.6 is 0 Å². The van der Waals surface area contributed by atoms with Gasteiger partial charge < -0.3 is 13.9 Å². The molecule has 1 aromatic heterocycles. The lowest BCUT2D eigenvalue weighted by atomic mass is 10.1. The number of rotatable bonds is 9. The Morgan fingerprint density at radius 3 is 2.33 bits per heavy atom. The minimum absolute atomic E-state index is 0.00909. The largest absolute Gasteiger partial charge is 0.573 e. The number of furan rings is 1. The third-order valence-corrected chi connectivity index (χ3v) is 5.34. The zero-order valence-corrected chi connectivity index (χ0v) is 16.4. The van der Waals surface area contributed by atoms with E-state index in [0.717, 1.165) is 29.8 Å². The minimum Gasteiger partial charge on any atom is -0.467 e. The molecule has 2 aromatic carbocycles. The molecule has 0 atom stereocenters. The third kappa shape index (κ3) is 6.61. The fourth-order valence-electron chi connectivity index (χ4n) is 2.58. The first-order valence-corrected chi connectivity index (χ1v) is 10.2. The van der Waals surface area contributed by atoms with Crippen LogP contribution in [0.2, 0.25) is 0 Å². The van der Waals surface area contributed by atoms with Gasteiger partial charge in [-0.15, -0.1) is 13.2 Å². The second kappa shape index (κ2) is 9.33. The summed E-state index contributed by atoms with van der Waals surface area (Å²) >= 11 is 0. The molecule has 0 aliphatic heterocycles. The van der Waals surface area contributed by atoms with E-state index in [1.54, 1.807) is 36.6 Å². The molecule has 1 N–H and O–H groups in total. The maximum atomic E-state index is 12.4. The van der Waals surface area contributed by atoms with E-state index >= 15 is 0 Å². The van der Waals surface area contributed by atoms with Gasteiger partial charge in [0.15, 0.2) is 0 Å². The quantitative estimate of drug-likeness (QED) is 0.534. The van der Waals surface area contributed by atoms with Gasteiger partial charge in [0.25, 0.3) is 0 Å². The highest BCUT2D eigenvalue weighted by Gasteiger charge is 2.31. The topological polar surface area (TPSA) is 77.8 Å². The summed E-state index contributed by atoms with van der Waals surface area (Å²) < 4.78 is 78.2. The van der Waals surface area contributed by atoms with Crippen molar-refractivity contribution in [1.29, 1.82) is 0 Å². The summed E-state index contributed by atoms with van der Waals surface area (Å²) in [7, 11) is -3.91. The van der Waals surface area contributed by atoms with Crippen LogP contribution in [-0.4, -0.2) is 14.8 Å². The van der Waals surface area contributed by atoms with Gasteiger partial charge in [-0.25, -0.2) is 13.1 Å². The van der Waals surface area contributed by atoms with Crippen LogP contribution in [-0.2, 0) is 34.5 Å². The molecule has 0 amide bonds. The highest BCUT2D eigenvalue weighted by molar-refractivity contribution is 7.89. The average Bonchev–Trinajstić information content (AvgIpc) is 3.20. The molecule has 0 aliphatic carbocycles. The lowest BCUT2D eigenvalue weighted by Crippen LogP contribution is -2.23. The van der Waals surface area contributed by atoms with Crippen molar-refractivity contribution in [3.63, 3.8) is 0 Å². The first-order valence-electron chi connectivity index (χ1n) is 8.75.